The van der Waals surface area contributed by atoms with Crippen molar-refractivity contribution < 1.29 is 9.72 Å². The van der Waals surface area contributed by atoms with Gasteiger partial charge in [0.15, 0.2) is 0 Å². The highest BCUT2D eigenvalue weighted by molar-refractivity contribution is 5.75. The highest BCUT2D eigenvalue weighted by atomic mass is 16.6. The molecule has 5 heteroatoms. The average molecular weight is 236 g/mol. The number of benzene rings is 1. The SMILES string of the molecule is CCCC(=O)NCCc1ccc([N+](=O)[O-])cc1. The number of nitro benzene ring substituents is 1. The molecule has 17 heavy (non-hydrogen) atoms. The minimum Gasteiger partial charge on any atom is -0.356 e. The summed E-state index contributed by atoms with van der Waals surface area (Å²) in [4.78, 5) is 21.2. The Kier molecular flexibility index (Phi) is 5.13. The number of amides is 1. The third-order valence-electron chi connectivity index (χ3n) is 2.36. The lowest BCUT2D eigenvalue weighted by atomic mass is 10.1. The highest BCUT2D eigenvalue weighted by Gasteiger charge is 2.04. The predicted molar refractivity (Wildman–Crippen MR) is 64.7 cm³/mol. The molecule has 0 fully saturated rings. The van der Waals surface area contributed by atoms with Crippen LogP contribution in [0.2, 0.25) is 0 Å². The molecule has 0 bridgehead atoms. The molecule has 0 spiro atoms. The molecule has 0 aliphatic rings. The van der Waals surface area contributed by atoms with E-state index in [1.807, 2.05) is 6.92 Å². The molecule has 0 aliphatic carbocycles. The molecule has 92 valence electrons. The number of non-ortho nitro benzene ring substituents is 1. The van der Waals surface area contributed by atoms with Crippen molar-refractivity contribution >= 4 is 11.6 Å². The minimum atomic E-state index is -0.424. The van der Waals surface area contributed by atoms with Gasteiger partial charge in [0.2, 0.25) is 5.91 Å². The van der Waals surface area contributed by atoms with Crippen molar-refractivity contribution in [2.75, 3.05) is 6.54 Å². The maximum atomic E-state index is 11.2. The zero-order chi connectivity index (χ0) is 12.7. The van der Waals surface area contributed by atoms with Gasteiger partial charge in [0.05, 0.1) is 4.92 Å². The fourth-order valence-electron chi connectivity index (χ4n) is 1.45. The minimum absolute atomic E-state index is 0.0504. The van der Waals surface area contributed by atoms with Gasteiger partial charge in [-0.1, -0.05) is 19.1 Å². The Morgan fingerprint density at radius 2 is 2.00 bits per heavy atom. The average Bonchev–Trinajstić information content (AvgIpc) is 2.30. The quantitative estimate of drug-likeness (QED) is 0.607. The first-order valence-electron chi connectivity index (χ1n) is 5.63. The van der Waals surface area contributed by atoms with Crippen molar-refractivity contribution in [1.29, 1.82) is 0 Å². The summed E-state index contributed by atoms with van der Waals surface area (Å²) in [5.41, 5.74) is 1.07. The van der Waals surface area contributed by atoms with Crippen LogP contribution in [0.25, 0.3) is 0 Å². The van der Waals surface area contributed by atoms with Gasteiger partial charge in [-0.2, -0.15) is 0 Å². The number of nitro groups is 1. The van der Waals surface area contributed by atoms with Crippen molar-refractivity contribution in [3.63, 3.8) is 0 Å². The van der Waals surface area contributed by atoms with Gasteiger partial charge in [-0.25, -0.2) is 0 Å². The van der Waals surface area contributed by atoms with Crippen molar-refractivity contribution in [3.05, 3.63) is 39.9 Å². The number of hydrogen-bond donors (Lipinski definition) is 1. The largest absolute Gasteiger partial charge is 0.356 e. The summed E-state index contributed by atoms with van der Waals surface area (Å²) in [5, 5.41) is 13.2. The zero-order valence-electron chi connectivity index (χ0n) is 9.81. The smallest absolute Gasteiger partial charge is 0.269 e. The molecule has 0 radical (unpaired) electrons. The topological polar surface area (TPSA) is 72.2 Å². The first-order valence-corrected chi connectivity index (χ1v) is 5.63. The summed E-state index contributed by atoms with van der Waals surface area (Å²) in [6, 6.07) is 6.38. The summed E-state index contributed by atoms with van der Waals surface area (Å²) in [7, 11) is 0. The van der Waals surface area contributed by atoms with E-state index in [2.05, 4.69) is 5.32 Å². The van der Waals surface area contributed by atoms with Crippen LogP contribution < -0.4 is 5.32 Å². The Morgan fingerprint density at radius 1 is 1.35 bits per heavy atom. The van der Waals surface area contributed by atoms with E-state index in [0.717, 1.165) is 12.0 Å². The van der Waals surface area contributed by atoms with Crippen molar-refractivity contribution in [3.8, 4) is 0 Å². The maximum absolute atomic E-state index is 11.2. The molecule has 1 rings (SSSR count). The monoisotopic (exact) mass is 236 g/mol. The zero-order valence-corrected chi connectivity index (χ0v) is 9.81. The van der Waals surface area contributed by atoms with E-state index in [-0.39, 0.29) is 11.6 Å². The predicted octanol–water partition coefficient (Wildman–Crippen LogP) is 2.05. The fourth-order valence-corrected chi connectivity index (χ4v) is 1.45. The van der Waals surface area contributed by atoms with Crippen molar-refractivity contribution in [2.45, 2.75) is 26.2 Å². The van der Waals surface area contributed by atoms with E-state index in [9.17, 15) is 14.9 Å². The lowest BCUT2D eigenvalue weighted by Gasteiger charge is -2.04. The Balaban J connectivity index is 2.37. The number of hydrogen-bond acceptors (Lipinski definition) is 3. The third-order valence-corrected chi connectivity index (χ3v) is 2.36. The Morgan fingerprint density at radius 3 is 2.53 bits per heavy atom. The van der Waals surface area contributed by atoms with Crippen LogP contribution in [0.1, 0.15) is 25.3 Å². The van der Waals surface area contributed by atoms with Gasteiger partial charge in [-0.3, -0.25) is 14.9 Å². The van der Waals surface area contributed by atoms with Gasteiger partial charge in [-0.05, 0) is 18.4 Å². The molecular formula is C12H16N2O3. The van der Waals surface area contributed by atoms with E-state index < -0.39 is 4.92 Å². The molecule has 0 saturated heterocycles. The molecule has 0 heterocycles. The molecular weight excluding hydrogens is 220 g/mol. The molecule has 1 aromatic rings. The Labute approximate surface area is 100.0 Å². The van der Waals surface area contributed by atoms with E-state index >= 15 is 0 Å². The van der Waals surface area contributed by atoms with Gasteiger partial charge in [0.1, 0.15) is 0 Å². The second-order valence-corrected chi connectivity index (χ2v) is 3.77. The second-order valence-electron chi connectivity index (χ2n) is 3.77. The van der Waals surface area contributed by atoms with Crippen LogP contribution in [-0.4, -0.2) is 17.4 Å². The summed E-state index contributed by atoms with van der Waals surface area (Å²) < 4.78 is 0. The second kappa shape index (κ2) is 6.62. The summed E-state index contributed by atoms with van der Waals surface area (Å²) in [6.07, 6.45) is 2.07. The van der Waals surface area contributed by atoms with Crippen molar-refractivity contribution in [1.82, 2.24) is 5.32 Å². The molecule has 0 aliphatic heterocycles. The van der Waals surface area contributed by atoms with Crippen LogP contribution in [0.15, 0.2) is 24.3 Å². The lowest BCUT2D eigenvalue weighted by molar-refractivity contribution is -0.384. The highest BCUT2D eigenvalue weighted by Crippen LogP contribution is 2.11. The molecule has 0 atom stereocenters. The van der Waals surface area contributed by atoms with Crippen LogP contribution in [0.5, 0.6) is 0 Å². The molecule has 1 amide bonds. The number of nitrogens with zero attached hydrogens (tertiary/aromatic N) is 1. The summed E-state index contributed by atoms with van der Waals surface area (Å²) in [6.45, 7) is 2.52. The molecule has 1 aromatic carbocycles. The van der Waals surface area contributed by atoms with Crippen molar-refractivity contribution in [2.24, 2.45) is 0 Å². The van der Waals surface area contributed by atoms with E-state index in [1.54, 1.807) is 12.1 Å². The number of carbonyl (C=O) groups is 1. The molecule has 1 N–H and O–H groups in total. The van der Waals surface area contributed by atoms with Gasteiger partial charge in [-0.15, -0.1) is 0 Å². The molecule has 0 unspecified atom stereocenters. The number of rotatable bonds is 6. The standard InChI is InChI=1S/C12H16N2O3/c1-2-3-12(15)13-9-8-10-4-6-11(7-5-10)14(16)17/h4-7H,2-3,8-9H2,1H3,(H,13,15). The normalized spacial score (nSPS) is 9.94. The van der Waals surface area contributed by atoms with Crippen LogP contribution >= 0.6 is 0 Å². The van der Waals surface area contributed by atoms with E-state index in [4.69, 9.17) is 0 Å². The molecule has 5 nitrogen and oxygen atoms in total. The van der Waals surface area contributed by atoms with Gasteiger partial charge < -0.3 is 5.32 Å². The first-order chi connectivity index (χ1) is 8.13. The van der Waals surface area contributed by atoms with Crippen LogP contribution in [-0.2, 0) is 11.2 Å². The van der Waals surface area contributed by atoms with E-state index in [0.29, 0.717) is 19.4 Å². The number of carbonyl (C=O) groups excluding carboxylic acids is 1. The van der Waals surface area contributed by atoms with Crippen LogP contribution in [0, 0.1) is 10.1 Å². The van der Waals surface area contributed by atoms with Crippen LogP contribution in [0.4, 0.5) is 5.69 Å². The Bertz CT molecular complexity index is 387. The lowest BCUT2D eigenvalue weighted by Crippen LogP contribution is -2.25. The summed E-state index contributed by atoms with van der Waals surface area (Å²) in [5.74, 6) is 0.0504. The number of nitrogens with one attached hydrogen (secondary N) is 1. The molecule has 0 aromatic heterocycles. The third kappa shape index (κ3) is 4.63. The fraction of sp³-hybridized carbons (Fsp3) is 0.417. The summed E-state index contributed by atoms with van der Waals surface area (Å²) >= 11 is 0. The molecule has 0 saturated carbocycles. The Hall–Kier alpha value is -1.91. The van der Waals surface area contributed by atoms with Gasteiger partial charge in [0, 0.05) is 25.1 Å². The van der Waals surface area contributed by atoms with Gasteiger partial charge >= 0.3 is 0 Å². The van der Waals surface area contributed by atoms with Crippen LogP contribution in [0.3, 0.4) is 0 Å². The van der Waals surface area contributed by atoms with Gasteiger partial charge in [0.25, 0.3) is 5.69 Å². The first kappa shape index (κ1) is 13.2. The maximum Gasteiger partial charge on any atom is 0.269 e. The van der Waals surface area contributed by atoms with E-state index in [1.165, 1.54) is 12.1 Å².